The predicted molar refractivity (Wildman–Crippen MR) is 76.2 cm³/mol. The highest BCUT2D eigenvalue weighted by Gasteiger charge is 2.08. The van der Waals surface area contributed by atoms with Crippen LogP contribution >= 0.6 is 0 Å². The molecule has 1 aromatic heterocycles. The summed E-state index contributed by atoms with van der Waals surface area (Å²) in [6.45, 7) is -0.441. The summed E-state index contributed by atoms with van der Waals surface area (Å²) in [5.74, 6) is -0.230. The number of hydrogen-bond acceptors (Lipinski definition) is 6. The Morgan fingerprint density at radius 1 is 1.24 bits per heavy atom. The zero-order valence-electron chi connectivity index (χ0n) is 11.2. The van der Waals surface area contributed by atoms with Crippen molar-refractivity contribution in [3.63, 3.8) is 0 Å². The monoisotopic (exact) mass is 290 g/mol. The molecular weight excluding hydrogens is 276 g/mol. The lowest BCUT2D eigenvalue weighted by Crippen LogP contribution is -2.02. The Morgan fingerprint density at radius 2 is 2.00 bits per heavy atom. The van der Waals surface area contributed by atoms with Crippen LogP contribution in [0.25, 0.3) is 12.2 Å². The lowest BCUT2D eigenvalue weighted by Gasteiger charge is -2.04. The van der Waals surface area contributed by atoms with Crippen LogP contribution in [0.15, 0.2) is 33.5 Å². The number of aliphatic hydroxyl groups excluding tert-OH is 1. The zero-order chi connectivity index (χ0) is 15.4. The molecule has 1 heterocycles. The van der Waals surface area contributed by atoms with Crippen molar-refractivity contribution in [2.24, 2.45) is 0 Å². The van der Waals surface area contributed by atoms with E-state index in [1.807, 2.05) is 0 Å². The molecule has 2 aromatic rings. The van der Waals surface area contributed by atoms with E-state index in [9.17, 15) is 15.0 Å². The van der Waals surface area contributed by atoms with Crippen molar-refractivity contribution in [2.75, 3.05) is 7.11 Å². The van der Waals surface area contributed by atoms with Gasteiger partial charge in [0.1, 0.15) is 12.4 Å². The molecule has 0 atom stereocenters. The highest BCUT2D eigenvalue weighted by atomic mass is 16.5. The average molecular weight is 290 g/mol. The number of methoxy groups -OCH3 is 1. The van der Waals surface area contributed by atoms with Gasteiger partial charge in [-0.1, -0.05) is 12.1 Å². The summed E-state index contributed by atoms with van der Waals surface area (Å²) in [5, 5.41) is 28.1. The Labute approximate surface area is 120 Å². The van der Waals surface area contributed by atoms with Crippen molar-refractivity contribution >= 4 is 12.2 Å². The van der Waals surface area contributed by atoms with Crippen LogP contribution in [-0.4, -0.2) is 22.4 Å². The second-order valence-electron chi connectivity index (χ2n) is 4.21. The molecule has 0 aliphatic carbocycles. The van der Waals surface area contributed by atoms with E-state index in [1.165, 1.54) is 19.3 Å². The molecule has 21 heavy (non-hydrogen) atoms. The third-order valence-electron chi connectivity index (χ3n) is 2.79. The van der Waals surface area contributed by atoms with Gasteiger partial charge in [0.25, 0.3) is 0 Å². The lowest BCUT2D eigenvalue weighted by atomic mass is 10.1. The van der Waals surface area contributed by atoms with Gasteiger partial charge in [-0.25, -0.2) is 0 Å². The van der Waals surface area contributed by atoms with Gasteiger partial charge in [-0.2, -0.15) is 0 Å². The second kappa shape index (κ2) is 6.15. The van der Waals surface area contributed by atoms with Crippen LogP contribution in [0.4, 0.5) is 0 Å². The number of aromatic hydroxyl groups is 2. The van der Waals surface area contributed by atoms with Gasteiger partial charge in [-0.3, -0.25) is 4.79 Å². The van der Waals surface area contributed by atoms with Gasteiger partial charge in [0.05, 0.1) is 7.11 Å². The Kier molecular flexibility index (Phi) is 4.30. The molecule has 0 aliphatic rings. The Bertz CT molecular complexity index is 729. The Morgan fingerprint density at radius 3 is 2.67 bits per heavy atom. The SMILES string of the molecule is COc1cc(C=Cc2oc(CO)cc(=O)c2O)ccc1O. The van der Waals surface area contributed by atoms with Crippen LogP contribution < -0.4 is 10.2 Å². The maximum Gasteiger partial charge on any atom is 0.227 e. The number of rotatable bonds is 4. The number of aliphatic hydroxyl groups is 1. The molecule has 2 rings (SSSR count). The van der Waals surface area contributed by atoms with Gasteiger partial charge < -0.3 is 24.5 Å². The van der Waals surface area contributed by atoms with Crippen LogP contribution in [0.5, 0.6) is 17.2 Å². The third kappa shape index (κ3) is 3.24. The van der Waals surface area contributed by atoms with Crippen molar-refractivity contribution in [2.45, 2.75) is 6.61 Å². The average Bonchev–Trinajstić information content (AvgIpc) is 2.49. The van der Waals surface area contributed by atoms with Gasteiger partial charge >= 0.3 is 0 Å². The molecule has 0 amide bonds. The molecule has 3 N–H and O–H groups in total. The number of phenolic OH excluding ortho intramolecular Hbond substituents is 1. The van der Waals surface area contributed by atoms with E-state index in [0.29, 0.717) is 11.3 Å². The van der Waals surface area contributed by atoms with E-state index in [0.717, 1.165) is 6.07 Å². The molecule has 0 unspecified atom stereocenters. The molecular formula is C15H14O6. The number of ether oxygens (including phenoxy) is 1. The van der Waals surface area contributed by atoms with Gasteiger partial charge in [-0.15, -0.1) is 0 Å². The third-order valence-corrected chi connectivity index (χ3v) is 2.79. The van der Waals surface area contributed by atoms with Crippen molar-refractivity contribution < 1.29 is 24.5 Å². The molecule has 0 saturated heterocycles. The molecule has 0 radical (unpaired) electrons. The molecule has 0 fully saturated rings. The zero-order valence-corrected chi connectivity index (χ0v) is 11.2. The Hall–Kier alpha value is -2.73. The summed E-state index contributed by atoms with van der Waals surface area (Å²) in [5.41, 5.74) is 0.0364. The van der Waals surface area contributed by atoms with E-state index < -0.39 is 17.8 Å². The second-order valence-corrected chi connectivity index (χ2v) is 4.21. The summed E-state index contributed by atoms with van der Waals surface area (Å²) >= 11 is 0. The minimum atomic E-state index is -0.631. The van der Waals surface area contributed by atoms with Crippen LogP contribution in [0.1, 0.15) is 17.1 Å². The first-order valence-corrected chi connectivity index (χ1v) is 6.07. The van der Waals surface area contributed by atoms with Crippen molar-refractivity contribution in [3.05, 3.63) is 51.6 Å². The summed E-state index contributed by atoms with van der Waals surface area (Å²) < 4.78 is 10.2. The molecule has 0 aliphatic heterocycles. The number of benzene rings is 1. The summed E-state index contributed by atoms with van der Waals surface area (Å²) in [4.78, 5) is 11.5. The molecule has 6 nitrogen and oxygen atoms in total. The molecule has 0 spiro atoms. The molecule has 6 heteroatoms. The summed E-state index contributed by atoms with van der Waals surface area (Å²) in [6.07, 6.45) is 2.96. The van der Waals surface area contributed by atoms with E-state index >= 15 is 0 Å². The highest BCUT2D eigenvalue weighted by molar-refractivity contribution is 5.70. The van der Waals surface area contributed by atoms with Gasteiger partial charge in [0.2, 0.25) is 11.2 Å². The minimum absolute atomic E-state index is 0.00584. The molecule has 110 valence electrons. The van der Waals surface area contributed by atoms with E-state index in [1.54, 1.807) is 18.2 Å². The summed E-state index contributed by atoms with van der Waals surface area (Å²) in [7, 11) is 1.43. The summed E-state index contributed by atoms with van der Waals surface area (Å²) in [6, 6.07) is 5.69. The maximum atomic E-state index is 11.5. The van der Waals surface area contributed by atoms with E-state index in [4.69, 9.17) is 14.3 Å². The van der Waals surface area contributed by atoms with Crippen LogP contribution in [-0.2, 0) is 6.61 Å². The minimum Gasteiger partial charge on any atom is -0.504 e. The Balaban J connectivity index is 2.37. The van der Waals surface area contributed by atoms with Gasteiger partial charge in [-0.05, 0) is 23.8 Å². The lowest BCUT2D eigenvalue weighted by molar-refractivity contribution is 0.240. The van der Waals surface area contributed by atoms with Crippen molar-refractivity contribution in [3.8, 4) is 17.2 Å². The van der Waals surface area contributed by atoms with Gasteiger partial charge in [0.15, 0.2) is 17.3 Å². The number of phenols is 1. The number of hydrogen-bond donors (Lipinski definition) is 3. The topological polar surface area (TPSA) is 100 Å². The molecule has 1 aromatic carbocycles. The molecule has 0 bridgehead atoms. The normalized spacial score (nSPS) is 11.0. The van der Waals surface area contributed by atoms with Crippen LogP contribution in [0.3, 0.4) is 0 Å². The fourth-order valence-corrected chi connectivity index (χ4v) is 1.72. The fourth-order valence-electron chi connectivity index (χ4n) is 1.72. The first-order chi connectivity index (χ1) is 10.0. The fraction of sp³-hybridized carbons (Fsp3) is 0.133. The maximum absolute atomic E-state index is 11.5. The predicted octanol–water partition coefficient (Wildman–Crippen LogP) is 1.72. The standard InChI is InChI=1S/C15H14O6/c1-20-14-6-9(2-4-11(14)17)3-5-13-15(19)12(18)7-10(8-16)21-13/h2-7,16-17,19H,8H2,1H3. The largest absolute Gasteiger partial charge is 0.504 e. The smallest absolute Gasteiger partial charge is 0.227 e. The first kappa shape index (κ1) is 14.7. The van der Waals surface area contributed by atoms with Crippen LogP contribution in [0.2, 0.25) is 0 Å². The van der Waals surface area contributed by atoms with E-state index in [-0.39, 0.29) is 17.3 Å². The van der Waals surface area contributed by atoms with Crippen molar-refractivity contribution in [1.82, 2.24) is 0 Å². The molecule has 0 saturated carbocycles. The quantitative estimate of drug-likeness (QED) is 0.792. The highest BCUT2D eigenvalue weighted by Crippen LogP contribution is 2.27. The van der Waals surface area contributed by atoms with Crippen LogP contribution in [0, 0.1) is 0 Å². The van der Waals surface area contributed by atoms with Gasteiger partial charge in [0, 0.05) is 6.07 Å². The van der Waals surface area contributed by atoms with E-state index in [2.05, 4.69) is 0 Å². The first-order valence-electron chi connectivity index (χ1n) is 6.07. The van der Waals surface area contributed by atoms with Crippen molar-refractivity contribution in [1.29, 1.82) is 0 Å².